The average Bonchev–Trinajstić information content (AvgIpc) is 2.56. The minimum atomic E-state index is -3.48. The molecule has 114 valence electrons. The fraction of sp³-hybridized carbons (Fsp3) is 0.467. The highest BCUT2D eigenvalue weighted by Crippen LogP contribution is 2.37. The molecule has 0 amide bonds. The second kappa shape index (κ2) is 5.27. The van der Waals surface area contributed by atoms with E-state index in [2.05, 4.69) is 0 Å². The molecule has 1 heterocycles. The van der Waals surface area contributed by atoms with Crippen LogP contribution in [0.15, 0.2) is 40.5 Å². The molecule has 1 saturated heterocycles. The summed E-state index contributed by atoms with van der Waals surface area (Å²) in [5, 5.41) is 1.15. The van der Waals surface area contributed by atoms with Crippen molar-refractivity contribution in [3.63, 3.8) is 0 Å². The zero-order valence-electron chi connectivity index (χ0n) is 13.1. The van der Waals surface area contributed by atoms with Crippen molar-refractivity contribution in [2.45, 2.75) is 50.7 Å². The lowest BCUT2D eigenvalue weighted by atomic mass is 9.90. The van der Waals surface area contributed by atoms with Crippen LogP contribution >= 0.6 is 0 Å². The lowest BCUT2D eigenvalue weighted by molar-refractivity contribution is 0.00578. The van der Waals surface area contributed by atoms with Gasteiger partial charge in [0, 0.05) is 5.41 Å². The summed E-state index contributed by atoms with van der Waals surface area (Å²) in [4.78, 5) is 0.265. The molecule has 0 saturated carbocycles. The monoisotopic (exact) mass is 308 g/mol. The van der Waals surface area contributed by atoms with E-state index in [9.17, 15) is 8.42 Å². The van der Waals surface area contributed by atoms with Crippen molar-refractivity contribution >= 4 is 17.0 Å². The molecule has 0 radical (unpaired) electrons. The maximum atomic E-state index is 12.2. The zero-order valence-corrected chi connectivity index (χ0v) is 13.9. The van der Waals surface area contributed by atoms with Gasteiger partial charge in [-0.05, 0) is 52.7 Å². The number of hydrogen-bond donors (Lipinski definition) is 0. The highest BCUT2D eigenvalue weighted by molar-refractivity contribution is 7.94. The van der Waals surface area contributed by atoms with E-state index in [-0.39, 0.29) is 4.90 Å². The molecule has 0 aliphatic carbocycles. The van der Waals surface area contributed by atoms with Crippen molar-refractivity contribution in [3.8, 4) is 0 Å². The minimum Gasteiger partial charge on any atom is -0.400 e. The summed E-state index contributed by atoms with van der Waals surface area (Å²) in [5.74, 6) is 1.45. The van der Waals surface area contributed by atoms with Gasteiger partial charge in [0.1, 0.15) is 0 Å². The molecule has 1 fully saturated rings. The Balaban J connectivity index is 2.17. The molecule has 0 atom stereocenters. The molecule has 2 rings (SSSR count). The fourth-order valence-corrected chi connectivity index (χ4v) is 2.95. The van der Waals surface area contributed by atoms with Crippen LogP contribution in [-0.2, 0) is 19.1 Å². The molecule has 0 unspecified atom stereocenters. The van der Waals surface area contributed by atoms with Crippen molar-refractivity contribution in [2.24, 2.45) is 0 Å². The minimum absolute atomic E-state index is 0.265. The van der Waals surface area contributed by atoms with Crippen molar-refractivity contribution < 1.29 is 17.7 Å². The summed E-state index contributed by atoms with van der Waals surface area (Å²) in [5.41, 5.74) is 0.0644. The molecule has 1 aromatic rings. The third kappa shape index (κ3) is 3.39. The molecule has 0 bridgehead atoms. The maximum absolute atomic E-state index is 12.2. The summed E-state index contributed by atoms with van der Waals surface area (Å²) in [7, 11) is -4.14. The molecule has 0 aromatic heterocycles. The Bertz CT molecular complexity index is 629. The summed E-state index contributed by atoms with van der Waals surface area (Å²) in [6, 6.07) is 6.74. The van der Waals surface area contributed by atoms with Crippen molar-refractivity contribution in [2.75, 3.05) is 0 Å². The zero-order chi connectivity index (χ0) is 15.9. The summed E-state index contributed by atoms with van der Waals surface area (Å²) < 4.78 is 35.9. The van der Waals surface area contributed by atoms with E-state index in [0.29, 0.717) is 0 Å². The molecule has 1 aromatic carbocycles. The largest absolute Gasteiger partial charge is 0.487 e. The van der Waals surface area contributed by atoms with Crippen LogP contribution in [0.25, 0.3) is 0 Å². The molecule has 0 N–H and O–H groups in total. The number of rotatable bonds is 3. The van der Waals surface area contributed by atoms with Crippen LogP contribution in [0.2, 0.25) is 0 Å². The third-order valence-corrected chi connectivity index (χ3v) is 5.48. The van der Waals surface area contributed by atoms with Gasteiger partial charge in [-0.15, -0.1) is 0 Å². The molecular weight excluding hydrogens is 287 g/mol. The Kier molecular flexibility index (Phi) is 4.08. The van der Waals surface area contributed by atoms with E-state index in [1.54, 1.807) is 24.3 Å². The fourth-order valence-electron chi connectivity index (χ4n) is 1.94. The third-order valence-electron chi connectivity index (χ3n) is 4.04. The van der Waals surface area contributed by atoms with E-state index in [1.807, 2.05) is 34.6 Å². The first-order chi connectivity index (χ1) is 9.53. The molecular formula is C15H21BO4S. The quantitative estimate of drug-likeness (QED) is 0.806. The first-order valence-corrected chi connectivity index (χ1v) is 8.44. The molecule has 1 aliphatic heterocycles. The van der Waals surface area contributed by atoms with Gasteiger partial charge in [0.25, 0.3) is 0 Å². The van der Waals surface area contributed by atoms with Gasteiger partial charge in [-0.3, -0.25) is 0 Å². The predicted octanol–water partition coefficient (Wildman–Crippen LogP) is 2.91. The Labute approximate surface area is 127 Å². The summed E-state index contributed by atoms with van der Waals surface area (Å²) in [6.45, 7) is 9.62. The smallest absolute Gasteiger partial charge is 0.400 e. The highest BCUT2D eigenvalue weighted by atomic mass is 32.2. The average molecular weight is 308 g/mol. The van der Waals surface area contributed by atoms with E-state index in [4.69, 9.17) is 9.31 Å². The second-order valence-corrected chi connectivity index (χ2v) is 8.14. The van der Waals surface area contributed by atoms with E-state index < -0.39 is 28.2 Å². The van der Waals surface area contributed by atoms with Gasteiger partial charge in [0.2, 0.25) is 0 Å². The van der Waals surface area contributed by atoms with Crippen LogP contribution in [0.4, 0.5) is 0 Å². The van der Waals surface area contributed by atoms with Gasteiger partial charge >= 0.3 is 7.12 Å². The Morgan fingerprint density at radius 1 is 1.00 bits per heavy atom. The SMILES string of the molecule is Cc1ccc(S(=O)(=O)/C=C/B2OC(C)(C)C(C)(C)O2)cc1. The van der Waals surface area contributed by atoms with E-state index in [1.165, 1.54) is 5.98 Å². The normalized spacial score (nSPS) is 21.1. The first-order valence-electron chi connectivity index (χ1n) is 6.89. The Hall–Kier alpha value is -1.11. The first kappa shape index (κ1) is 16.3. The predicted molar refractivity (Wildman–Crippen MR) is 83.6 cm³/mol. The number of benzene rings is 1. The van der Waals surface area contributed by atoms with Crippen molar-refractivity contribution in [1.29, 1.82) is 0 Å². The van der Waals surface area contributed by atoms with Gasteiger partial charge in [0.15, 0.2) is 9.84 Å². The topological polar surface area (TPSA) is 52.6 Å². The lowest BCUT2D eigenvalue weighted by Gasteiger charge is -2.32. The van der Waals surface area contributed by atoms with Crippen LogP contribution in [0, 0.1) is 6.92 Å². The molecule has 6 heteroatoms. The standard InChI is InChI=1S/C15H21BO4S/c1-12-6-8-13(9-7-12)21(17,18)11-10-16-19-14(2,3)15(4,5)20-16/h6-11H,1-5H3/b11-10+. The van der Waals surface area contributed by atoms with Crippen LogP contribution in [0.5, 0.6) is 0 Å². The molecule has 4 nitrogen and oxygen atoms in total. The number of aryl methyl sites for hydroxylation is 1. The molecule has 0 spiro atoms. The molecule has 1 aliphatic rings. The van der Waals surface area contributed by atoms with Gasteiger partial charge in [0.05, 0.1) is 16.1 Å². The number of hydrogen-bond acceptors (Lipinski definition) is 4. The van der Waals surface area contributed by atoms with Gasteiger partial charge < -0.3 is 9.31 Å². The summed E-state index contributed by atoms with van der Waals surface area (Å²) >= 11 is 0. The van der Waals surface area contributed by atoms with E-state index >= 15 is 0 Å². The van der Waals surface area contributed by atoms with Gasteiger partial charge in [-0.1, -0.05) is 17.7 Å². The second-order valence-electron chi connectivity index (χ2n) is 6.31. The molecule has 21 heavy (non-hydrogen) atoms. The van der Waals surface area contributed by atoms with Crippen molar-refractivity contribution in [3.05, 3.63) is 41.2 Å². The summed E-state index contributed by atoms with van der Waals surface area (Å²) in [6.07, 6.45) is 0. The lowest BCUT2D eigenvalue weighted by Crippen LogP contribution is -2.41. The maximum Gasteiger partial charge on any atom is 0.487 e. The van der Waals surface area contributed by atoms with Crippen LogP contribution < -0.4 is 0 Å². The number of sulfone groups is 1. The van der Waals surface area contributed by atoms with E-state index in [0.717, 1.165) is 11.0 Å². The van der Waals surface area contributed by atoms with Gasteiger partial charge in [-0.25, -0.2) is 8.42 Å². The Morgan fingerprint density at radius 3 is 1.95 bits per heavy atom. The van der Waals surface area contributed by atoms with Crippen molar-refractivity contribution in [1.82, 2.24) is 0 Å². The van der Waals surface area contributed by atoms with Gasteiger partial charge in [-0.2, -0.15) is 0 Å². The van der Waals surface area contributed by atoms with Crippen LogP contribution in [0.3, 0.4) is 0 Å². The van der Waals surface area contributed by atoms with Crippen LogP contribution in [0.1, 0.15) is 33.3 Å². The Morgan fingerprint density at radius 2 is 1.48 bits per heavy atom. The highest BCUT2D eigenvalue weighted by Gasteiger charge is 2.50. The van der Waals surface area contributed by atoms with Crippen LogP contribution in [-0.4, -0.2) is 26.7 Å².